The molecule has 0 aliphatic carbocycles. The summed E-state index contributed by atoms with van der Waals surface area (Å²) in [6, 6.07) is 1.84. The maximum Gasteiger partial charge on any atom is 0.225 e. The third-order valence-corrected chi connectivity index (χ3v) is 5.83. The van der Waals surface area contributed by atoms with E-state index < -0.39 is 0 Å². The number of anilines is 1. The number of carbonyl (C=O) groups excluding carboxylic acids is 1. The highest BCUT2D eigenvalue weighted by Gasteiger charge is 2.41. The number of likely N-dealkylation sites (tertiary alicyclic amines) is 1. The van der Waals surface area contributed by atoms with Crippen LogP contribution in [0.5, 0.6) is 0 Å². The van der Waals surface area contributed by atoms with Crippen LogP contribution in [0.3, 0.4) is 0 Å². The number of piperazine rings is 1. The average Bonchev–Trinajstić information content (AvgIpc) is 3.12. The Morgan fingerprint density at radius 1 is 1.08 bits per heavy atom. The Kier molecular flexibility index (Phi) is 4.85. The number of ether oxygens (including phenoxy) is 1. The fourth-order valence-electron chi connectivity index (χ4n) is 4.17. The van der Waals surface area contributed by atoms with Gasteiger partial charge in [-0.1, -0.05) is 0 Å². The summed E-state index contributed by atoms with van der Waals surface area (Å²) in [5, 5.41) is 0. The Labute approximate surface area is 149 Å². The summed E-state index contributed by atoms with van der Waals surface area (Å²) >= 11 is 0. The molecular formula is C18H27N5O2. The highest BCUT2D eigenvalue weighted by Crippen LogP contribution is 2.37. The van der Waals surface area contributed by atoms with E-state index in [1.807, 2.05) is 6.07 Å². The Hall–Kier alpha value is -1.73. The topological polar surface area (TPSA) is 61.8 Å². The first kappa shape index (κ1) is 16.7. The predicted octanol–water partition coefficient (Wildman–Crippen LogP) is 0.628. The third-order valence-electron chi connectivity index (χ3n) is 5.83. The largest absolute Gasteiger partial charge is 0.381 e. The highest BCUT2D eigenvalue weighted by atomic mass is 16.5. The van der Waals surface area contributed by atoms with Crippen molar-refractivity contribution in [1.29, 1.82) is 0 Å². The molecule has 0 bridgehead atoms. The van der Waals surface area contributed by atoms with Gasteiger partial charge in [0, 0.05) is 76.6 Å². The van der Waals surface area contributed by atoms with Crippen LogP contribution in [0, 0.1) is 5.41 Å². The molecule has 3 fully saturated rings. The van der Waals surface area contributed by atoms with Crippen LogP contribution in [-0.4, -0.2) is 84.7 Å². The summed E-state index contributed by atoms with van der Waals surface area (Å²) < 4.78 is 5.60. The Balaban J connectivity index is 1.25. The molecule has 4 rings (SSSR count). The normalized spacial score (nSPS) is 28.1. The van der Waals surface area contributed by atoms with Gasteiger partial charge in [-0.3, -0.25) is 9.69 Å². The van der Waals surface area contributed by atoms with Crippen molar-refractivity contribution in [2.75, 3.05) is 63.9 Å². The van der Waals surface area contributed by atoms with Crippen molar-refractivity contribution in [2.45, 2.75) is 19.3 Å². The van der Waals surface area contributed by atoms with Crippen molar-refractivity contribution in [3.8, 4) is 0 Å². The standard InChI is InChI=1S/C18H27N5O2/c24-16-2-3-18(4-13-25-15-18)14-23(16)12-9-21-7-10-22(11-8-21)17-19-5-1-6-20-17/h1,5-6H,2-4,7-15H2/t18-/m0/s1. The molecule has 0 radical (unpaired) electrons. The Morgan fingerprint density at radius 3 is 2.60 bits per heavy atom. The lowest BCUT2D eigenvalue weighted by Crippen LogP contribution is -2.52. The second-order valence-electron chi connectivity index (χ2n) is 7.50. The SMILES string of the molecule is O=C1CC[C@]2(CCOC2)CN1CCN1CCN(c2ncccn2)CC1. The molecule has 3 saturated heterocycles. The summed E-state index contributed by atoms with van der Waals surface area (Å²) in [6.45, 7) is 8.21. The second kappa shape index (κ2) is 7.25. The number of hydrogen-bond donors (Lipinski definition) is 0. The van der Waals surface area contributed by atoms with Crippen LogP contribution in [0.2, 0.25) is 0 Å². The Bertz CT molecular complexity index is 582. The fourth-order valence-corrected chi connectivity index (χ4v) is 4.17. The minimum Gasteiger partial charge on any atom is -0.381 e. The van der Waals surface area contributed by atoms with E-state index in [0.717, 1.165) is 77.8 Å². The van der Waals surface area contributed by atoms with Crippen LogP contribution in [0.15, 0.2) is 18.5 Å². The molecule has 1 aromatic heterocycles. The lowest BCUT2D eigenvalue weighted by atomic mass is 9.79. The number of aromatic nitrogens is 2. The molecular weight excluding hydrogens is 318 g/mol. The van der Waals surface area contributed by atoms with Gasteiger partial charge in [0.1, 0.15) is 0 Å². The third kappa shape index (κ3) is 3.77. The first-order chi connectivity index (χ1) is 12.2. The van der Waals surface area contributed by atoms with Gasteiger partial charge in [-0.2, -0.15) is 0 Å². The van der Waals surface area contributed by atoms with Gasteiger partial charge in [-0.25, -0.2) is 9.97 Å². The number of piperidine rings is 1. The van der Waals surface area contributed by atoms with E-state index in [0.29, 0.717) is 12.3 Å². The molecule has 0 saturated carbocycles. The van der Waals surface area contributed by atoms with E-state index in [-0.39, 0.29) is 5.41 Å². The minimum atomic E-state index is 0.233. The van der Waals surface area contributed by atoms with Crippen LogP contribution in [0.1, 0.15) is 19.3 Å². The lowest BCUT2D eigenvalue weighted by Gasteiger charge is -2.41. The van der Waals surface area contributed by atoms with Gasteiger partial charge in [-0.15, -0.1) is 0 Å². The molecule has 0 N–H and O–H groups in total. The summed E-state index contributed by atoms with van der Waals surface area (Å²) in [7, 11) is 0. The second-order valence-corrected chi connectivity index (χ2v) is 7.50. The van der Waals surface area contributed by atoms with Gasteiger partial charge in [0.2, 0.25) is 11.9 Å². The molecule has 3 aliphatic heterocycles. The van der Waals surface area contributed by atoms with Crippen molar-refractivity contribution < 1.29 is 9.53 Å². The fraction of sp³-hybridized carbons (Fsp3) is 0.722. The molecule has 4 heterocycles. The molecule has 0 aromatic carbocycles. The first-order valence-corrected chi connectivity index (χ1v) is 9.34. The maximum absolute atomic E-state index is 12.3. The molecule has 25 heavy (non-hydrogen) atoms. The van der Waals surface area contributed by atoms with Gasteiger partial charge in [0.25, 0.3) is 0 Å². The number of amides is 1. The van der Waals surface area contributed by atoms with Crippen molar-refractivity contribution in [3.63, 3.8) is 0 Å². The van der Waals surface area contributed by atoms with E-state index in [1.165, 1.54) is 0 Å². The minimum absolute atomic E-state index is 0.233. The van der Waals surface area contributed by atoms with Crippen LogP contribution in [-0.2, 0) is 9.53 Å². The zero-order valence-electron chi connectivity index (χ0n) is 14.8. The number of rotatable bonds is 4. The van der Waals surface area contributed by atoms with E-state index in [2.05, 4.69) is 24.7 Å². The number of carbonyl (C=O) groups is 1. The summed E-state index contributed by atoms with van der Waals surface area (Å²) in [5.74, 6) is 1.13. The molecule has 7 heteroatoms. The molecule has 1 amide bonds. The van der Waals surface area contributed by atoms with E-state index >= 15 is 0 Å². The van der Waals surface area contributed by atoms with Gasteiger partial charge >= 0.3 is 0 Å². The van der Waals surface area contributed by atoms with Crippen molar-refractivity contribution >= 4 is 11.9 Å². The molecule has 1 aromatic rings. The van der Waals surface area contributed by atoms with Gasteiger partial charge in [0.05, 0.1) is 6.61 Å². The van der Waals surface area contributed by atoms with E-state index in [9.17, 15) is 4.79 Å². The maximum atomic E-state index is 12.3. The molecule has 1 atom stereocenters. The lowest BCUT2D eigenvalue weighted by molar-refractivity contribution is -0.137. The van der Waals surface area contributed by atoms with Crippen molar-refractivity contribution in [3.05, 3.63) is 18.5 Å². The quantitative estimate of drug-likeness (QED) is 0.798. The average molecular weight is 345 g/mol. The highest BCUT2D eigenvalue weighted by molar-refractivity contribution is 5.77. The number of nitrogens with zero attached hydrogens (tertiary/aromatic N) is 5. The molecule has 136 valence electrons. The van der Waals surface area contributed by atoms with Crippen molar-refractivity contribution in [1.82, 2.24) is 19.8 Å². The predicted molar refractivity (Wildman–Crippen MR) is 94.4 cm³/mol. The van der Waals surface area contributed by atoms with E-state index in [1.54, 1.807) is 12.4 Å². The van der Waals surface area contributed by atoms with Crippen LogP contribution >= 0.6 is 0 Å². The van der Waals surface area contributed by atoms with Crippen LogP contribution in [0.25, 0.3) is 0 Å². The zero-order valence-corrected chi connectivity index (χ0v) is 14.8. The smallest absolute Gasteiger partial charge is 0.225 e. The van der Waals surface area contributed by atoms with E-state index in [4.69, 9.17) is 4.74 Å². The molecule has 7 nitrogen and oxygen atoms in total. The first-order valence-electron chi connectivity index (χ1n) is 9.34. The summed E-state index contributed by atoms with van der Waals surface area (Å²) in [6.07, 6.45) is 6.37. The van der Waals surface area contributed by atoms with Gasteiger partial charge in [-0.05, 0) is 18.9 Å². The van der Waals surface area contributed by atoms with Crippen molar-refractivity contribution in [2.24, 2.45) is 5.41 Å². The van der Waals surface area contributed by atoms with Crippen LogP contribution in [0.4, 0.5) is 5.95 Å². The summed E-state index contributed by atoms with van der Waals surface area (Å²) in [5.41, 5.74) is 0.233. The molecule has 3 aliphatic rings. The zero-order chi connectivity index (χ0) is 17.1. The number of hydrogen-bond acceptors (Lipinski definition) is 6. The monoisotopic (exact) mass is 345 g/mol. The van der Waals surface area contributed by atoms with Crippen LogP contribution < -0.4 is 4.90 Å². The summed E-state index contributed by atoms with van der Waals surface area (Å²) in [4.78, 5) is 27.7. The van der Waals surface area contributed by atoms with Gasteiger partial charge < -0.3 is 14.5 Å². The molecule has 0 unspecified atom stereocenters. The molecule has 1 spiro atoms. The Morgan fingerprint density at radius 2 is 1.88 bits per heavy atom. The van der Waals surface area contributed by atoms with Gasteiger partial charge in [0.15, 0.2) is 0 Å².